The highest BCUT2D eigenvalue weighted by molar-refractivity contribution is 6.30. The number of carbonyl (C=O) groups is 1. The molecular weight excluding hydrogens is 338 g/mol. The van der Waals surface area contributed by atoms with E-state index in [1.807, 2.05) is 35.2 Å². The Bertz CT molecular complexity index is 751. The fourth-order valence-corrected chi connectivity index (χ4v) is 3.49. The summed E-state index contributed by atoms with van der Waals surface area (Å²) < 4.78 is 0. The van der Waals surface area contributed by atoms with Crippen LogP contribution in [-0.4, -0.2) is 46.6 Å². The molecule has 132 valence electrons. The van der Waals surface area contributed by atoms with Crippen molar-refractivity contribution in [2.24, 2.45) is 0 Å². The number of aliphatic hydroxyl groups is 1. The molecule has 1 aliphatic rings. The number of pyridine rings is 1. The van der Waals surface area contributed by atoms with Crippen LogP contribution in [0.2, 0.25) is 5.15 Å². The SMILES string of the molecule is C[C@@H](O)CNCC(=O)N1CCc2ccccc2C1c1cccnc1Cl. The fourth-order valence-electron chi connectivity index (χ4n) is 3.26. The van der Waals surface area contributed by atoms with Gasteiger partial charge in [-0.2, -0.15) is 0 Å². The van der Waals surface area contributed by atoms with E-state index < -0.39 is 6.10 Å². The zero-order valence-electron chi connectivity index (χ0n) is 14.2. The number of fused-ring (bicyclic) bond motifs is 1. The van der Waals surface area contributed by atoms with Gasteiger partial charge in [0, 0.05) is 24.8 Å². The van der Waals surface area contributed by atoms with Crippen molar-refractivity contribution < 1.29 is 9.90 Å². The van der Waals surface area contributed by atoms with E-state index in [9.17, 15) is 9.90 Å². The summed E-state index contributed by atoms with van der Waals surface area (Å²) in [6, 6.07) is 11.7. The number of aromatic nitrogens is 1. The summed E-state index contributed by atoms with van der Waals surface area (Å²) >= 11 is 6.34. The number of aliphatic hydroxyl groups excluding tert-OH is 1. The Morgan fingerprint density at radius 1 is 1.36 bits per heavy atom. The molecule has 1 unspecified atom stereocenters. The Hall–Kier alpha value is -1.95. The molecule has 6 heteroatoms. The summed E-state index contributed by atoms with van der Waals surface area (Å²) in [5.41, 5.74) is 3.15. The third-order valence-electron chi connectivity index (χ3n) is 4.40. The number of carbonyl (C=O) groups excluding carboxylic acids is 1. The van der Waals surface area contributed by atoms with Crippen molar-refractivity contribution in [3.63, 3.8) is 0 Å². The lowest BCUT2D eigenvalue weighted by Gasteiger charge is -2.38. The van der Waals surface area contributed by atoms with Gasteiger partial charge in [0.05, 0.1) is 18.7 Å². The molecule has 1 aromatic carbocycles. The molecule has 3 rings (SSSR count). The predicted octanol–water partition coefficient (Wildman–Crippen LogP) is 2.18. The molecule has 1 aliphatic heterocycles. The van der Waals surface area contributed by atoms with E-state index >= 15 is 0 Å². The van der Waals surface area contributed by atoms with Gasteiger partial charge in [0.15, 0.2) is 0 Å². The Kier molecular flexibility index (Phi) is 5.68. The molecule has 0 bridgehead atoms. The van der Waals surface area contributed by atoms with Crippen molar-refractivity contribution >= 4 is 17.5 Å². The largest absolute Gasteiger partial charge is 0.392 e. The molecular formula is C19H22ClN3O2. The van der Waals surface area contributed by atoms with Crippen LogP contribution in [0, 0.1) is 0 Å². The van der Waals surface area contributed by atoms with E-state index in [1.54, 1.807) is 13.1 Å². The first-order valence-corrected chi connectivity index (χ1v) is 8.82. The van der Waals surface area contributed by atoms with Crippen LogP contribution < -0.4 is 5.32 Å². The maximum absolute atomic E-state index is 12.8. The maximum Gasteiger partial charge on any atom is 0.237 e. The van der Waals surface area contributed by atoms with Crippen LogP contribution in [0.4, 0.5) is 0 Å². The lowest BCUT2D eigenvalue weighted by molar-refractivity contribution is -0.132. The molecule has 1 amide bonds. The van der Waals surface area contributed by atoms with E-state index in [2.05, 4.69) is 16.4 Å². The van der Waals surface area contributed by atoms with E-state index in [0.717, 1.165) is 17.5 Å². The maximum atomic E-state index is 12.8. The number of nitrogens with one attached hydrogen (secondary N) is 1. The van der Waals surface area contributed by atoms with Gasteiger partial charge in [-0.1, -0.05) is 41.9 Å². The molecule has 1 aromatic heterocycles. The number of hydrogen-bond acceptors (Lipinski definition) is 4. The number of nitrogens with zero attached hydrogens (tertiary/aromatic N) is 2. The van der Waals surface area contributed by atoms with Crippen molar-refractivity contribution in [1.82, 2.24) is 15.2 Å². The summed E-state index contributed by atoms with van der Waals surface area (Å²) in [7, 11) is 0. The van der Waals surface area contributed by atoms with E-state index in [4.69, 9.17) is 11.6 Å². The highest BCUT2D eigenvalue weighted by Crippen LogP contribution is 2.37. The summed E-state index contributed by atoms with van der Waals surface area (Å²) in [5, 5.41) is 12.8. The molecule has 5 nitrogen and oxygen atoms in total. The van der Waals surface area contributed by atoms with Crippen LogP contribution in [0.3, 0.4) is 0 Å². The molecule has 0 fully saturated rings. The van der Waals surface area contributed by atoms with Gasteiger partial charge in [-0.15, -0.1) is 0 Å². The van der Waals surface area contributed by atoms with Gasteiger partial charge in [-0.25, -0.2) is 4.98 Å². The monoisotopic (exact) mass is 359 g/mol. The third-order valence-corrected chi connectivity index (χ3v) is 4.72. The van der Waals surface area contributed by atoms with Gasteiger partial charge < -0.3 is 15.3 Å². The molecule has 0 saturated heterocycles. The molecule has 2 aromatic rings. The Labute approximate surface area is 152 Å². The van der Waals surface area contributed by atoms with Crippen LogP contribution in [-0.2, 0) is 11.2 Å². The Morgan fingerprint density at radius 3 is 2.88 bits per heavy atom. The molecule has 0 saturated carbocycles. The van der Waals surface area contributed by atoms with Gasteiger partial charge in [0.2, 0.25) is 5.91 Å². The molecule has 2 atom stereocenters. The Morgan fingerprint density at radius 2 is 2.12 bits per heavy atom. The van der Waals surface area contributed by atoms with Crippen molar-refractivity contribution in [3.05, 3.63) is 64.4 Å². The number of amides is 1. The van der Waals surface area contributed by atoms with Crippen LogP contribution >= 0.6 is 11.6 Å². The first-order valence-electron chi connectivity index (χ1n) is 8.44. The topological polar surface area (TPSA) is 65.5 Å². The van der Waals surface area contributed by atoms with Crippen molar-refractivity contribution in [3.8, 4) is 0 Å². The van der Waals surface area contributed by atoms with Crippen LogP contribution in [0.15, 0.2) is 42.6 Å². The van der Waals surface area contributed by atoms with Crippen LogP contribution in [0.25, 0.3) is 0 Å². The third kappa shape index (κ3) is 4.00. The standard InChI is InChI=1S/C19H22ClN3O2/c1-13(24)11-21-12-17(25)23-10-8-14-5-2-3-6-15(14)18(23)16-7-4-9-22-19(16)20/h2-7,9,13,18,21,24H,8,10-12H2,1H3/t13-,18?/m1/s1. The first kappa shape index (κ1) is 17.9. The second-order valence-electron chi connectivity index (χ2n) is 6.30. The molecule has 0 spiro atoms. The van der Waals surface area contributed by atoms with Gasteiger partial charge >= 0.3 is 0 Å². The van der Waals surface area contributed by atoms with Crippen molar-refractivity contribution in [1.29, 1.82) is 0 Å². The predicted molar refractivity (Wildman–Crippen MR) is 97.5 cm³/mol. The minimum absolute atomic E-state index is 0.0138. The van der Waals surface area contributed by atoms with E-state index in [-0.39, 0.29) is 18.5 Å². The number of halogens is 1. The van der Waals surface area contributed by atoms with Gasteiger partial charge in [-0.3, -0.25) is 4.79 Å². The molecule has 25 heavy (non-hydrogen) atoms. The van der Waals surface area contributed by atoms with E-state index in [1.165, 1.54) is 5.56 Å². The highest BCUT2D eigenvalue weighted by Gasteiger charge is 2.33. The van der Waals surface area contributed by atoms with Gasteiger partial charge in [0.1, 0.15) is 5.15 Å². The number of hydrogen-bond donors (Lipinski definition) is 2. The summed E-state index contributed by atoms with van der Waals surface area (Å²) in [6.07, 6.45) is 1.97. The average molecular weight is 360 g/mol. The minimum Gasteiger partial charge on any atom is -0.392 e. The Balaban J connectivity index is 1.92. The quantitative estimate of drug-likeness (QED) is 0.803. The summed E-state index contributed by atoms with van der Waals surface area (Å²) in [5.74, 6) is -0.0138. The number of benzene rings is 1. The summed E-state index contributed by atoms with van der Waals surface area (Å²) in [4.78, 5) is 18.8. The van der Waals surface area contributed by atoms with Gasteiger partial charge in [-0.05, 0) is 30.5 Å². The number of rotatable bonds is 5. The lowest BCUT2D eigenvalue weighted by atomic mass is 9.88. The highest BCUT2D eigenvalue weighted by atomic mass is 35.5. The molecule has 2 N–H and O–H groups in total. The second-order valence-corrected chi connectivity index (χ2v) is 6.66. The zero-order chi connectivity index (χ0) is 17.8. The minimum atomic E-state index is -0.488. The first-order chi connectivity index (χ1) is 12.1. The molecule has 0 aliphatic carbocycles. The molecule has 0 radical (unpaired) electrons. The van der Waals surface area contributed by atoms with Crippen molar-refractivity contribution in [2.45, 2.75) is 25.5 Å². The smallest absolute Gasteiger partial charge is 0.237 e. The second kappa shape index (κ2) is 7.95. The summed E-state index contributed by atoms with van der Waals surface area (Å²) in [6.45, 7) is 2.88. The normalized spacial score (nSPS) is 17.9. The lowest BCUT2D eigenvalue weighted by Crippen LogP contribution is -2.45. The van der Waals surface area contributed by atoms with E-state index in [0.29, 0.717) is 18.2 Å². The molecule has 2 heterocycles. The van der Waals surface area contributed by atoms with Gasteiger partial charge in [0.25, 0.3) is 0 Å². The van der Waals surface area contributed by atoms with Crippen molar-refractivity contribution in [2.75, 3.05) is 19.6 Å². The fraction of sp³-hybridized carbons (Fsp3) is 0.368. The van der Waals surface area contributed by atoms with Crippen LogP contribution in [0.1, 0.15) is 29.7 Å². The van der Waals surface area contributed by atoms with Crippen LogP contribution in [0.5, 0.6) is 0 Å². The zero-order valence-corrected chi connectivity index (χ0v) is 14.9. The average Bonchev–Trinajstić information content (AvgIpc) is 2.61.